The minimum atomic E-state index is 0.224. The summed E-state index contributed by atoms with van der Waals surface area (Å²) < 4.78 is 6.12. The molecule has 3 nitrogen and oxygen atoms in total. The molecule has 2 rings (SSSR count). The Kier molecular flexibility index (Phi) is 5.80. The van der Waals surface area contributed by atoms with E-state index in [2.05, 4.69) is 63.0 Å². The number of ether oxygens (including phenoxy) is 1. The van der Waals surface area contributed by atoms with Crippen molar-refractivity contribution >= 4 is 0 Å². The van der Waals surface area contributed by atoms with Crippen molar-refractivity contribution in [1.82, 2.24) is 10.2 Å². The van der Waals surface area contributed by atoms with Gasteiger partial charge in [-0.1, -0.05) is 30.7 Å². The molecule has 1 saturated heterocycles. The van der Waals surface area contributed by atoms with Crippen LogP contribution in [-0.4, -0.2) is 43.3 Å². The second-order valence-electron chi connectivity index (χ2n) is 6.39. The zero-order chi connectivity index (χ0) is 15.4. The maximum absolute atomic E-state index is 6.12. The number of nitrogens with zero attached hydrogens (tertiary/aromatic N) is 1. The molecule has 0 aromatic heterocycles. The predicted molar refractivity (Wildman–Crippen MR) is 88.8 cm³/mol. The number of rotatable bonds is 5. The van der Waals surface area contributed by atoms with Crippen LogP contribution in [0.25, 0.3) is 0 Å². The third-order valence-electron chi connectivity index (χ3n) is 4.42. The summed E-state index contributed by atoms with van der Waals surface area (Å²) in [6, 6.07) is 7.57. The molecule has 1 N–H and O–H groups in total. The molecule has 0 saturated carbocycles. The van der Waals surface area contributed by atoms with Gasteiger partial charge in [0.05, 0.1) is 18.8 Å². The molecule has 0 bridgehead atoms. The molecule has 1 aliphatic heterocycles. The summed E-state index contributed by atoms with van der Waals surface area (Å²) in [5.74, 6) is 0. The summed E-state index contributed by atoms with van der Waals surface area (Å²) in [5, 5.41) is 3.64. The van der Waals surface area contributed by atoms with E-state index in [1.807, 2.05) is 0 Å². The number of benzene rings is 1. The van der Waals surface area contributed by atoms with E-state index in [-0.39, 0.29) is 12.1 Å². The predicted octanol–water partition coefficient (Wildman–Crippen LogP) is 3.06. The lowest BCUT2D eigenvalue weighted by molar-refractivity contribution is -0.0559. The Bertz CT molecular complexity index is 459. The van der Waals surface area contributed by atoms with Crippen LogP contribution in [0, 0.1) is 13.8 Å². The molecular weight excluding hydrogens is 260 g/mol. The lowest BCUT2D eigenvalue weighted by Gasteiger charge is -2.39. The van der Waals surface area contributed by atoms with Crippen molar-refractivity contribution in [3.05, 3.63) is 34.9 Å². The number of morpholine rings is 1. The summed E-state index contributed by atoms with van der Waals surface area (Å²) in [6.07, 6.45) is 0.224. The molecule has 1 aromatic carbocycles. The Morgan fingerprint density at radius 1 is 1.33 bits per heavy atom. The highest BCUT2D eigenvalue weighted by atomic mass is 16.5. The molecule has 118 valence electrons. The molecule has 1 aromatic rings. The molecule has 0 amide bonds. The summed E-state index contributed by atoms with van der Waals surface area (Å²) in [6.45, 7) is 14.9. The van der Waals surface area contributed by atoms with Gasteiger partial charge in [0.15, 0.2) is 0 Å². The van der Waals surface area contributed by atoms with Crippen LogP contribution in [0.5, 0.6) is 0 Å². The molecule has 2 unspecified atom stereocenters. The Morgan fingerprint density at radius 3 is 2.76 bits per heavy atom. The highest BCUT2D eigenvalue weighted by Gasteiger charge is 2.30. The minimum Gasteiger partial charge on any atom is -0.374 e. The first kappa shape index (κ1) is 16.5. The molecule has 3 heteroatoms. The molecule has 1 aliphatic rings. The zero-order valence-corrected chi connectivity index (χ0v) is 14.1. The highest BCUT2D eigenvalue weighted by molar-refractivity contribution is 5.34. The van der Waals surface area contributed by atoms with Crippen LogP contribution in [0.1, 0.15) is 43.5 Å². The first-order chi connectivity index (χ1) is 10.0. The van der Waals surface area contributed by atoms with E-state index in [1.165, 1.54) is 16.7 Å². The van der Waals surface area contributed by atoms with Crippen molar-refractivity contribution < 1.29 is 4.74 Å². The van der Waals surface area contributed by atoms with Crippen LogP contribution in [-0.2, 0) is 4.74 Å². The van der Waals surface area contributed by atoms with E-state index in [4.69, 9.17) is 4.74 Å². The van der Waals surface area contributed by atoms with Gasteiger partial charge in [0.2, 0.25) is 0 Å². The van der Waals surface area contributed by atoms with Crippen molar-refractivity contribution in [1.29, 1.82) is 0 Å². The molecule has 0 radical (unpaired) electrons. The molecule has 1 heterocycles. The lowest BCUT2D eigenvalue weighted by atomic mass is 9.94. The fourth-order valence-corrected chi connectivity index (χ4v) is 3.12. The first-order valence-electron chi connectivity index (χ1n) is 8.19. The van der Waals surface area contributed by atoms with Gasteiger partial charge < -0.3 is 10.1 Å². The van der Waals surface area contributed by atoms with Gasteiger partial charge in [-0.2, -0.15) is 0 Å². The van der Waals surface area contributed by atoms with Crippen molar-refractivity contribution in [3.8, 4) is 0 Å². The molecule has 0 spiro atoms. The topological polar surface area (TPSA) is 24.5 Å². The average Bonchev–Trinajstić information content (AvgIpc) is 2.47. The lowest BCUT2D eigenvalue weighted by Crippen LogP contribution is -2.50. The quantitative estimate of drug-likeness (QED) is 0.902. The van der Waals surface area contributed by atoms with Crippen LogP contribution in [0.15, 0.2) is 18.2 Å². The van der Waals surface area contributed by atoms with E-state index in [0.29, 0.717) is 6.04 Å². The molecule has 2 atom stereocenters. The third kappa shape index (κ3) is 4.06. The van der Waals surface area contributed by atoms with Crippen LogP contribution >= 0.6 is 0 Å². The Balaban J connectivity index is 2.23. The monoisotopic (exact) mass is 290 g/mol. The van der Waals surface area contributed by atoms with Gasteiger partial charge in [-0.05, 0) is 45.4 Å². The van der Waals surface area contributed by atoms with E-state index in [1.54, 1.807) is 0 Å². The minimum absolute atomic E-state index is 0.224. The molecule has 0 aliphatic carbocycles. The Morgan fingerprint density at radius 2 is 2.10 bits per heavy atom. The van der Waals surface area contributed by atoms with E-state index < -0.39 is 0 Å². The van der Waals surface area contributed by atoms with Crippen LogP contribution < -0.4 is 5.32 Å². The highest BCUT2D eigenvalue weighted by Crippen LogP contribution is 2.26. The Hall–Kier alpha value is -0.900. The second kappa shape index (κ2) is 7.39. The van der Waals surface area contributed by atoms with Crippen LogP contribution in [0.2, 0.25) is 0 Å². The zero-order valence-electron chi connectivity index (χ0n) is 14.1. The van der Waals surface area contributed by atoms with E-state index >= 15 is 0 Å². The van der Waals surface area contributed by atoms with Gasteiger partial charge in [0.1, 0.15) is 0 Å². The second-order valence-corrected chi connectivity index (χ2v) is 6.39. The van der Waals surface area contributed by atoms with Crippen LogP contribution in [0.4, 0.5) is 0 Å². The molecule has 1 fully saturated rings. The van der Waals surface area contributed by atoms with Crippen molar-refractivity contribution in [3.63, 3.8) is 0 Å². The normalized spacial score (nSPS) is 21.7. The summed E-state index contributed by atoms with van der Waals surface area (Å²) in [5.41, 5.74) is 4.04. The van der Waals surface area contributed by atoms with Crippen LogP contribution in [0.3, 0.4) is 0 Å². The summed E-state index contributed by atoms with van der Waals surface area (Å²) in [4.78, 5) is 2.52. The van der Waals surface area contributed by atoms with E-state index in [9.17, 15) is 0 Å². The number of aryl methyl sites for hydroxylation is 2. The van der Waals surface area contributed by atoms with Gasteiger partial charge in [0.25, 0.3) is 0 Å². The number of nitrogens with one attached hydrogen (secondary N) is 1. The van der Waals surface area contributed by atoms with Crippen molar-refractivity contribution in [2.45, 2.75) is 52.8 Å². The van der Waals surface area contributed by atoms with Crippen molar-refractivity contribution in [2.75, 3.05) is 26.2 Å². The van der Waals surface area contributed by atoms with Gasteiger partial charge in [-0.15, -0.1) is 0 Å². The first-order valence-corrected chi connectivity index (χ1v) is 8.19. The van der Waals surface area contributed by atoms with Gasteiger partial charge in [-0.25, -0.2) is 0 Å². The average molecular weight is 290 g/mol. The van der Waals surface area contributed by atoms with Gasteiger partial charge in [0, 0.05) is 19.1 Å². The SMILES string of the molecule is CCNC(c1cc(C)ccc1C)C1CN(C(C)C)CCO1. The fraction of sp³-hybridized carbons (Fsp3) is 0.667. The smallest absolute Gasteiger partial charge is 0.0897 e. The summed E-state index contributed by atoms with van der Waals surface area (Å²) >= 11 is 0. The van der Waals surface area contributed by atoms with Gasteiger partial charge in [-0.3, -0.25) is 4.90 Å². The number of likely N-dealkylation sites (N-methyl/N-ethyl adjacent to an activating group) is 1. The van der Waals surface area contributed by atoms with E-state index in [0.717, 1.165) is 26.2 Å². The molecular formula is C18H30N2O. The summed E-state index contributed by atoms with van der Waals surface area (Å²) in [7, 11) is 0. The van der Waals surface area contributed by atoms with Crippen molar-refractivity contribution in [2.24, 2.45) is 0 Å². The maximum Gasteiger partial charge on any atom is 0.0897 e. The number of hydrogen-bond acceptors (Lipinski definition) is 3. The standard InChI is InChI=1S/C18H30N2O/c1-6-19-18(16-11-14(4)7-8-15(16)5)17-12-20(13(2)3)9-10-21-17/h7-8,11,13,17-19H,6,9-10,12H2,1-5H3. The largest absolute Gasteiger partial charge is 0.374 e. The number of hydrogen-bond donors (Lipinski definition) is 1. The van der Waals surface area contributed by atoms with Gasteiger partial charge >= 0.3 is 0 Å². The fourth-order valence-electron chi connectivity index (χ4n) is 3.12. The Labute approximate surface area is 129 Å². The molecule has 21 heavy (non-hydrogen) atoms. The third-order valence-corrected chi connectivity index (χ3v) is 4.42. The maximum atomic E-state index is 6.12.